The van der Waals surface area contributed by atoms with Gasteiger partial charge in [0.2, 0.25) is 0 Å². The number of benzene rings is 1. The molecule has 13 heavy (non-hydrogen) atoms. The van der Waals surface area contributed by atoms with E-state index in [1.807, 2.05) is 32.2 Å². The molecular formula is C10H14BrNO. The van der Waals surface area contributed by atoms with E-state index >= 15 is 0 Å². The average Bonchev–Trinajstić information content (AvgIpc) is 2.13. The number of nitrogens with one attached hydrogen (secondary N) is 1. The molecule has 3 heteroatoms. The van der Waals surface area contributed by atoms with Crippen LogP contribution >= 0.6 is 15.9 Å². The molecule has 1 atom stereocenters. The van der Waals surface area contributed by atoms with Gasteiger partial charge in [0.25, 0.3) is 0 Å². The summed E-state index contributed by atoms with van der Waals surface area (Å²) in [6.45, 7) is 2.16. The third-order valence-electron chi connectivity index (χ3n) is 2.13. The van der Waals surface area contributed by atoms with E-state index in [1.54, 1.807) is 0 Å². The maximum atomic E-state index is 9.06. The van der Waals surface area contributed by atoms with Crippen molar-refractivity contribution in [2.24, 2.45) is 0 Å². The number of hydrogen-bond donors (Lipinski definition) is 2. The molecule has 0 spiro atoms. The first kappa shape index (κ1) is 10.7. The topological polar surface area (TPSA) is 32.3 Å². The van der Waals surface area contributed by atoms with Crippen molar-refractivity contribution >= 4 is 15.9 Å². The van der Waals surface area contributed by atoms with Gasteiger partial charge in [-0.3, -0.25) is 0 Å². The van der Waals surface area contributed by atoms with Crippen molar-refractivity contribution in [3.8, 4) is 0 Å². The predicted molar refractivity (Wildman–Crippen MR) is 57.8 cm³/mol. The standard InChI is InChI=1S/C10H14BrNO/c1-7-3-4-8(5-9(7)11)10(6-13)12-2/h3-5,10,12-13H,6H2,1-2H3/t10-/m1/s1. The number of rotatable bonds is 3. The summed E-state index contributed by atoms with van der Waals surface area (Å²) in [5.41, 5.74) is 2.30. The van der Waals surface area contributed by atoms with Crippen LogP contribution in [0.4, 0.5) is 0 Å². The van der Waals surface area contributed by atoms with Gasteiger partial charge in [0.1, 0.15) is 0 Å². The second-order valence-corrected chi connectivity index (χ2v) is 3.89. The number of aliphatic hydroxyl groups is 1. The molecule has 0 aliphatic rings. The van der Waals surface area contributed by atoms with Crippen LogP contribution in [-0.2, 0) is 0 Å². The van der Waals surface area contributed by atoms with Crippen LogP contribution in [-0.4, -0.2) is 18.8 Å². The highest BCUT2D eigenvalue weighted by Crippen LogP contribution is 2.21. The average molecular weight is 244 g/mol. The van der Waals surface area contributed by atoms with E-state index < -0.39 is 0 Å². The summed E-state index contributed by atoms with van der Waals surface area (Å²) in [5.74, 6) is 0. The lowest BCUT2D eigenvalue weighted by molar-refractivity contribution is 0.251. The van der Waals surface area contributed by atoms with E-state index in [4.69, 9.17) is 5.11 Å². The maximum Gasteiger partial charge on any atom is 0.0626 e. The van der Waals surface area contributed by atoms with Crippen molar-refractivity contribution in [2.75, 3.05) is 13.7 Å². The Labute approximate surface area is 87.1 Å². The zero-order chi connectivity index (χ0) is 9.84. The first-order valence-corrected chi connectivity index (χ1v) is 5.02. The van der Waals surface area contributed by atoms with Crippen molar-refractivity contribution in [1.29, 1.82) is 0 Å². The van der Waals surface area contributed by atoms with Gasteiger partial charge in [-0.25, -0.2) is 0 Å². The fourth-order valence-electron chi connectivity index (χ4n) is 1.19. The van der Waals surface area contributed by atoms with Gasteiger partial charge in [-0.1, -0.05) is 28.1 Å². The van der Waals surface area contributed by atoms with Gasteiger partial charge in [0.05, 0.1) is 12.6 Å². The molecule has 1 rings (SSSR count). The van der Waals surface area contributed by atoms with Crippen LogP contribution in [0.15, 0.2) is 22.7 Å². The Balaban J connectivity index is 2.95. The monoisotopic (exact) mass is 243 g/mol. The van der Waals surface area contributed by atoms with E-state index in [0.717, 1.165) is 10.0 Å². The van der Waals surface area contributed by atoms with E-state index in [0.29, 0.717) is 0 Å². The normalized spacial score (nSPS) is 12.9. The molecule has 0 amide bonds. The highest BCUT2D eigenvalue weighted by atomic mass is 79.9. The Bertz CT molecular complexity index is 284. The SMILES string of the molecule is CN[C@H](CO)c1ccc(C)c(Br)c1. The molecule has 0 heterocycles. The van der Waals surface area contributed by atoms with Gasteiger partial charge in [-0.2, -0.15) is 0 Å². The van der Waals surface area contributed by atoms with Crippen LogP contribution in [0.2, 0.25) is 0 Å². The van der Waals surface area contributed by atoms with E-state index in [-0.39, 0.29) is 12.6 Å². The lowest BCUT2D eigenvalue weighted by atomic mass is 10.1. The number of likely N-dealkylation sites (N-methyl/N-ethyl adjacent to an activating group) is 1. The van der Waals surface area contributed by atoms with Crippen molar-refractivity contribution < 1.29 is 5.11 Å². The first-order valence-electron chi connectivity index (χ1n) is 4.23. The Morgan fingerprint density at radius 2 is 2.23 bits per heavy atom. The van der Waals surface area contributed by atoms with Gasteiger partial charge < -0.3 is 10.4 Å². The highest BCUT2D eigenvalue weighted by Gasteiger charge is 2.07. The molecule has 72 valence electrons. The fraction of sp³-hybridized carbons (Fsp3) is 0.400. The summed E-state index contributed by atoms with van der Waals surface area (Å²) in [6.07, 6.45) is 0. The van der Waals surface area contributed by atoms with E-state index in [2.05, 4.69) is 21.2 Å². The molecule has 0 aromatic heterocycles. The summed E-state index contributed by atoms with van der Waals surface area (Å²) in [7, 11) is 1.84. The van der Waals surface area contributed by atoms with E-state index in [9.17, 15) is 0 Å². The molecular weight excluding hydrogens is 230 g/mol. The molecule has 1 aromatic carbocycles. The molecule has 0 fully saturated rings. The van der Waals surface area contributed by atoms with Gasteiger partial charge in [-0.15, -0.1) is 0 Å². The van der Waals surface area contributed by atoms with Crippen molar-refractivity contribution in [3.05, 3.63) is 33.8 Å². The summed E-state index contributed by atoms with van der Waals surface area (Å²) in [6, 6.07) is 6.13. The van der Waals surface area contributed by atoms with Crippen LogP contribution in [0.25, 0.3) is 0 Å². The maximum absolute atomic E-state index is 9.06. The minimum Gasteiger partial charge on any atom is -0.394 e. The molecule has 0 saturated heterocycles. The Morgan fingerprint density at radius 3 is 2.69 bits per heavy atom. The Hall–Kier alpha value is -0.380. The van der Waals surface area contributed by atoms with Crippen molar-refractivity contribution in [3.63, 3.8) is 0 Å². The molecule has 0 bridgehead atoms. The zero-order valence-electron chi connectivity index (χ0n) is 7.84. The molecule has 1 aromatic rings. The molecule has 2 N–H and O–H groups in total. The van der Waals surface area contributed by atoms with Crippen LogP contribution in [0.5, 0.6) is 0 Å². The molecule has 0 saturated carbocycles. The van der Waals surface area contributed by atoms with Crippen LogP contribution in [0, 0.1) is 6.92 Å². The summed E-state index contributed by atoms with van der Waals surface area (Å²) in [5, 5.41) is 12.1. The van der Waals surface area contributed by atoms with Crippen LogP contribution in [0.3, 0.4) is 0 Å². The largest absolute Gasteiger partial charge is 0.394 e. The minimum absolute atomic E-state index is 0.0249. The smallest absolute Gasteiger partial charge is 0.0626 e. The quantitative estimate of drug-likeness (QED) is 0.852. The summed E-state index contributed by atoms with van der Waals surface area (Å²) < 4.78 is 1.08. The Morgan fingerprint density at radius 1 is 1.54 bits per heavy atom. The number of hydrogen-bond acceptors (Lipinski definition) is 2. The summed E-state index contributed by atoms with van der Waals surface area (Å²) in [4.78, 5) is 0. The third kappa shape index (κ3) is 2.53. The van der Waals surface area contributed by atoms with Gasteiger partial charge in [0, 0.05) is 4.47 Å². The highest BCUT2D eigenvalue weighted by molar-refractivity contribution is 9.10. The second-order valence-electron chi connectivity index (χ2n) is 3.03. The number of aliphatic hydroxyl groups excluding tert-OH is 1. The molecule has 0 aliphatic carbocycles. The summed E-state index contributed by atoms with van der Waals surface area (Å²) >= 11 is 3.46. The first-order chi connectivity index (χ1) is 6.19. The third-order valence-corrected chi connectivity index (χ3v) is 2.98. The Kier molecular flexibility index (Phi) is 3.90. The van der Waals surface area contributed by atoms with Gasteiger partial charge in [0.15, 0.2) is 0 Å². The molecule has 0 unspecified atom stereocenters. The predicted octanol–water partition coefficient (Wildman–Crippen LogP) is 2.01. The van der Waals surface area contributed by atoms with Crippen molar-refractivity contribution in [2.45, 2.75) is 13.0 Å². The van der Waals surface area contributed by atoms with Crippen LogP contribution < -0.4 is 5.32 Å². The second kappa shape index (κ2) is 4.74. The zero-order valence-corrected chi connectivity index (χ0v) is 9.43. The molecule has 2 nitrogen and oxygen atoms in total. The molecule has 0 radical (unpaired) electrons. The molecule has 0 aliphatic heterocycles. The van der Waals surface area contributed by atoms with Gasteiger partial charge >= 0.3 is 0 Å². The minimum atomic E-state index is 0.0249. The number of halogens is 1. The van der Waals surface area contributed by atoms with Crippen molar-refractivity contribution in [1.82, 2.24) is 5.32 Å². The van der Waals surface area contributed by atoms with Gasteiger partial charge in [-0.05, 0) is 31.2 Å². The number of aryl methyl sites for hydroxylation is 1. The fourth-order valence-corrected chi connectivity index (χ4v) is 1.59. The lowest BCUT2D eigenvalue weighted by Crippen LogP contribution is -2.19. The van der Waals surface area contributed by atoms with Crippen LogP contribution in [0.1, 0.15) is 17.2 Å². The lowest BCUT2D eigenvalue weighted by Gasteiger charge is -2.14. The van der Waals surface area contributed by atoms with E-state index in [1.165, 1.54) is 5.56 Å².